The summed E-state index contributed by atoms with van der Waals surface area (Å²) in [5, 5.41) is 2.26. The van der Waals surface area contributed by atoms with Gasteiger partial charge in [-0.25, -0.2) is 0 Å². The van der Waals surface area contributed by atoms with Crippen LogP contribution in [0.5, 0.6) is 0 Å². The van der Waals surface area contributed by atoms with Gasteiger partial charge >= 0.3 is 5.97 Å². The smallest absolute Gasteiger partial charge is 0.309 e. The molecule has 0 heterocycles. The van der Waals surface area contributed by atoms with E-state index in [2.05, 4.69) is 32.0 Å². The van der Waals surface area contributed by atoms with Crippen LogP contribution in [0, 0.1) is 5.92 Å². The van der Waals surface area contributed by atoms with Crippen LogP contribution in [0.3, 0.4) is 0 Å². The highest BCUT2D eigenvalue weighted by Crippen LogP contribution is 2.32. The standard InChI is InChI=1S/C21H20O2.C3H8/c1-15(2)21(22)23-20(17-10-4-3-5-11-17)19-14-8-12-16-9-6-7-13-18(16)19;1-3-2/h3-15,20H,1-2H3;3H2,1-2H3. The number of carbonyl (C=O) groups excluding carboxylic acids is 1. The summed E-state index contributed by atoms with van der Waals surface area (Å²) in [6.45, 7) is 7.96. The van der Waals surface area contributed by atoms with Crippen LogP contribution in [0.2, 0.25) is 0 Å². The zero-order valence-electron chi connectivity index (χ0n) is 16.1. The number of hydrogen-bond acceptors (Lipinski definition) is 2. The van der Waals surface area contributed by atoms with E-state index in [-0.39, 0.29) is 11.9 Å². The third-order valence-electron chi connectivity index (χ3n) is 3.91. The molecule has 2 nitrogen and oxygen atoms in total. The molecule has 0 radical (unpaired) electrons. The lowest BCUT2D eigenvalue weighted by Gasteiger charge is -2.21. The van der Waals surface area contributed by atoms with Crippen LogP contribution < -0.4 is 0 Å². The fourth-order valence-corrected chi connectivity index (χ4v) is 2.67. The Labute approximate surface area is 156 Å². The molecule has 1 unspecified atom stereocenters. The van der Waals surface area contributed by atoms with Gasteiger partial charge in [0.25, 0.3) is 0 Å². The van der Waals surface area contributed by atoms with Gasteiger partial charge in [-0.2, -0.15) is 0 Å². The Morgan fingerprint density at radius 3 is 2.08 bits per heavy atom. The Morgan fingerprint density at radius 1 is 0.846 bits per heavy atom. The van der Waals surface area contributed by atoms with Gasteiger partial charge in [0.1, 0.15) is 0 Å². The van der Waals surface area contributed by atoms with Gasteiger partial charge in [-0.15, -0.1) is 0 Å². The molecule has 0 aliphatic heterocycles. The Hall–Kier alpha value is -2.61. The first-order chi connectivity index (χ1) is 12.6. The maximum Gasteiger partial charge on any atom is 0.309 e. The van der Waals surface area contributed by atoms with Gasteiger partial charge in [0.2, 0.25) is 0 Å². The molecule has 0 saturated carbocycles. The van der Waals surface area contributed by atoms with Crippen LogP contribution in [0.15, 0.2) is 72.8 Å². The SMILES string of the molecule is CC(C)C(=O)OC(c1ccccc1)c1cccc2ccccc12.CCC. The van der Waals surface area contributed by atoms with Gasteiger partial charge in [0.05, 0.1) is 5.92 Å². The third kappa shape index (κ3) is 4.95. The van der Waals surface area contributed by atoms with Crippen LogP contribution in [0.1, 0.15) is 51.3 Å². The lowest BCUT2D eigenvalue weighted by atomic mass is 9.95. The minimum absolute atomic E-state index is 0.156. The predicted molar refractivity (Wildman–Crippen MR) is 109 cm³/mol. The van der Waals surface area contributed by atoms with Crippen molar-refractivity contribution in [2.24, 2.45) is 5.92 Å². The van der Waals surface area contributed by atoms with E-state index < -0.39 is 6.10 Å². The number of benzene rings is 3. The number of carbonyl (C=O) groups is 1. The topological polar surface area (TPSA) is 26.3 Å². The van der Waals surface area contributed by atoms with E-state index in [1.54, 1.807) is 0 Å². The summed E-state index contributed by atoms with van der Waals surface area (Å²) in [5.41, 5.74) is 2.00. The van der Waals surface area contributed by atoms with E-state index in [0.717, 1.165) is 21.9 Å². The zero-order valence-corrected chi connectivity index (χ0v) is 16.1. The molecule has 0 bridgehead atoms. The highest BCUT2D eigenvalue weighted by atomic mass is 16.5. The molecule has 0 aliphatic rings. The van der Waals surface area contributed by atoms with Crippen molar-refractivity contribution in [3.05, 3.63) is 83.9 Å². The lowest BCUT2D eigenvalue weighted by molar-refractivity contribution is -0.151. The van der Waals surface area contributed by atoms with Crippen LogP contribution in [-0.2, 0) is 9.53 Å². The highest BCUT2D eigenvalue weighted by molar-refractivity contribution is 5.86. The fraction of sp³-hybridized carbons (Fsp3) is 0.292. The van der Waals surface area contributed by atoms with E-state index >= 15 is 0 Å². The monoisotopic (exact) mass is 348 g/mol. The van der Waals surface area contributed by atoms with Crippen LogP contribution >= 0.6 is 0 Å². The van der Waals surface area contributed by atoms with Crippen molar-refractivity contribution < 1.29 is 9.53 Å². The Bertz CT molecular complexity index is 816. The number of ether oxygens (including phenoxy) is 1. The molecule has 0 spiro atoms. The number of fused-ring (bicyclic) bond motifs is 1. The molecule has 3 aromatic carbocycles. The Morgan fingerprint density at radius 2 is 1.42 bits per heavy atom. The zero-order chi connectivity index (χ0) is 18.9. The summed E-state index contributed by atoms with van der Waals surface area (Å²) >= 11 is 0. The molecule has 0 amide bonds. The summed E-state index contributed by atoms with van der Waals surface area (Å²) in [6.07, 6.45) is 0.859. The third-order valence-corrected chi connectivity index (χ3v) is 3.91. The molecule has 26 heavy (non-hydrogen) atoms. The van der Waals surface area contributed by atoms with Gasteiger partial charge in [0.15, 0.2) is 6.10 Å². The molecule has 0 saturated heterocycles. The first-order valence-corrected chi connectivity index (χ1v) is 9.31. The summed E-state index contributed by atoms with van der Waals surface area (Å²) in [4.78, 5) is 12.2. The van der Waals surface area contributed by atoms with Crippen molar-refractivity contribution in [1.82, 2.24) is 0 Å². The molecule has 3 rings (SSSR count). The van der Waals surface area contributed by atoms with Crippen molar-refractivity contribution in [1.29, 1.82) is 0 Å². The molecule has 0 fully saturated rings. The van der Waals surface area contributed by atoms with E-state index in [1.807, 2.05) is 68.4 Å². The second kappa shape index (κ2) is 9.76. The van der Waals surface area contributed by atoms with E-state index in [9.17, 15) is 4.79 Å². The van der Waals surface area contributed by atoms with Crippen molar-refractivity contribution in [2.75, 3.05) is 0 Å². The van der Waals surface area contributed by atoms with E-state index in [0.29, 0.717) is 0 Å². The van der Waals surface area contributed by atoms with Gasteiger partial charge < -0.3 is 4.74 Å². The van der Waals surface area contributed by atoms with Crippen molar-refractivity contribution in [2.45, 2.75) is 40.2 Å². The van der Waals surface area contributed by atoms with Gasteiger partial charge in [0, 0.05) is 5.56 Å². The molecular weight excluding hydrogens is 320 g/mol. The summed E-state index contributed by atoms with van der Waals surface area (Å²) < 4.78 is 5.85. The largest absolute Gasteiger partial charge is 0.452 e. The first kappa shape index (κ1) is 19.7. The van der Waals surface area contributed by atoms with Crippen molar-refractivity contribution >= 4 is 16.7 Å². The molecule has 136 valence electrons. The Kier molecular flexibility index (Phi) is 7.40. The quantitative estimate of drug-likeness (QED) is 0.500. The second-order valence-corrected chi connectivity index (χ2v) is 6.66. The molecule has 0 aliphatic carbocycles. The molecule has 0 N–H and O–H groups in total. The number of esters is 1. The van der Waals surface area contributed by atoms with Crippen molar-refractivity contribution in [3.63, 3.8) is 0 Å². The lowest BCUT2D eigenvalue weighted by Crippen LogP contribution is -2.17. The number of hydrogen-bond donors (Lipinski definition) is 0. The average Bonchev–Trinajstić information content (AvgIpc) is 2.67. The summed E-state index contributed by atoms with van der Waals surface area (Å²) in [7, 11) is 0. The average molecular weight is 348 g/mol. The van der Waals surface area contributed by atoms with Crippen LogP contribution in [0.4, 0.5) is 0 Å². The molecule has 2 heteroatoms. The molecule has 3 aromatic rings. The second-order valence-electron chi connectivity index (χ2n) is 6.66. The van der Waals surface area contributed by atoms with Crippen molar-refractivity contribution in [3.8, 4) is 0 Å². The first-order valence-electron chi connectivity index (χ1n) is 9.31. The molecule has 0 aromatic heterocycles. The van der Waals surface area contributed by atoms with E-state index in [4.69, 9.17) is 4.74 Å². The van der Waals surface area contributed by atoms with Gasteiger partial charge in [-0.05, 0) is 16.3 Å². The van der Waals surface area contributed by atoms with Gasteiger partial charge in [-0.1, -0.05) is 107 Å². The summed E-state index contributed by atoms with van der Waals surface area (Å²) in [6, 6.07) is 24.2. The minimum Gasteiger partial charge on any atom is -0.452 e. The minimum atomic E-state index is -0.391. The van der Waals surface area contributed by atoms with E-state index in [1.165, 1.54) is 6.42 Å². The number of rotatable bonds is 4. The van der Waals surface area contributed by atoms with Gasteiger partial charge in [-0.3, -0.25) is 4.79 Å². The summed E-state index contributed by atoms with van der Waals surface area (Å²) in [5.74, 6) is -0.344. The predicted octanol–water partition coefficient (Wildman–Crippen LogP) is 6.54. The normalized spacial score (nSPS) is 11.6. The highest BCUT2D eigenvalue weighted by Gasteiger charge is 2.22. The maximum absolute atomic E-state index is 12.2. The molecule has 1 atom stereocenters. The molecular formula is C24H28O2. The van der Waals surface area contributed by atoms with Crippen LogP contribution in [-0.4, -0.2) is 5.97 Å². The maximum atomic E-state index is 12.2. The fourth-order valence-electron chi connectivity index (χ4n) is 2.67. The Balaban J connectivity index is 0.000000758. The van der Waals surface area contributed by atoms with Crippen LogP contribution in [0.25, 0.3) is 10.8 Å².